The highest BCUT2D eigenvalue weighted by molar-refractivity contribution is 7.89. The van der Waals surface area contributed by atoms with Crippen LogP contribution in [0.15, 0.2) is 17.0 Å². The first kappa shape index (κ1) is 13.6. The number of rotatable bonds is 2. The van der Waals surface area contributed by atoms with Crippen molar-refractivity contribution in [2.45, 2.75) is 24.3 Å². The quantitative estimate of drug-likeness (QED) is 0.796. The number of hydrogen-bond donors (Lipinski definition) is 2. The Kier molecular flexibility index (Phi) is 3.09. The van der Waals surface area contributed by atoms with Gasteiger partial charge in [0.25, 0.3) is 0 Å². The van der Waals surface area contributed by atoms with E-state index in [0.717, 1.165) is 0 Å². The van der Waals surface area contributed by atoms with Crippen LogP contribution in [0.3, 0.4) is 0 Å². The molecule has 0 aliphatic carbocycles. The van der Waals surface area contributed by atoms with Gasteiger partial charge in [0.05, 0.1) is 10.5 Å². The highest BCUT2D eigenvalue weighted by atomic mass is 35.5. The molecular weight excluding hydrogens is 276 g/mol. The number of nitrogens with zero attached hydrogens (tertiary/aromatic N) is 1. The van der Waals surface area contributed by atoms with E-state index in [9.17, 15) is 13.5 Å². The van der Waals surface area contributed by atoms with Crippen molar-refractivity contribution in [3.05, 3.63) is 22.7 Å². The summed E-state index contributed by atoms with van der Waals surface area (Å²) in [5.74, 6) is 0. The van der Waals surface area contributed by atoms with Crippen molar-refractivity contribution in [3.8, 4) is 0 Å². The fraction of sp³-hybridized carbons (Fsp3) is 0.455. The minimum absolute atomic E-state index is 0.0845. The standard InChI is InChI=1S/C11H15ClN2O3S/c1-7-9(13)3-8(12)4-10(7)18(16,17)14-5-11(2,15)6-14/h3-4,15H,5-6,13H2,1-2H3. The van der Waals surface area contributed by atoms with Gasteiger partial charge >= 0.3 is 0 Å². The molecule has 1 aliphatic heterocycles. The van der Waals surface area contributed by atoms with E-state index in [4.69, 9.17) is 17.3 Å². The van der Waals surface area contributed by atoms with Crippen molar-refractivity contribution < 1.29 is 13.5 Å². The molecule has 2 rings (SSSR count). The minimum Gasteiger partial charge on any atom is -0.398 e. The van der Waals surface area contributed by atoms with Crippen LogP contribution in [0.1, 0.15) is 12.5 Å². The van der Waals surface area contributed by atoms with E-state index in [-0.39, 0.29) is 23.0 Å². The molecule has 0 spiro atoms. The summed E-state index contributed by atoms with van der Waals surface area (Å²) in [6, 6.07) is 2.90. The van der Waals surface area contributed by atoms with Crippen molar-refractivity contribution >= 4 is 27.3 Å². The van der Waals surface area contributed by atoms with Crippen molar-refractivity contribution in [2.75, 3.05) is 18.8 Å². The lowest BCUT2D eigenvalue weighted by Gasteiger charge is -2.43. The van der Waals surface area contributed by atoms with Crippen molar-refractivity contribution in [2.24, 2.45) is 0 Å². The zero-order chi connectivity index (χ0) is 13.7. The third-order valence-electron chi connectivity index (χ3n) is 3.02. The summed E-state index contributed by atoms with van der Waals surface area (Å²) >= 11 is 5.84. The van der Waals surface area contributed by atoms with Crippen LogP contribution in [0, 0.1) is 6.92 Å². The molecule has 1 aromatic rings. The van der Waals surface area contributed by atoms with E-state index in [1.165, 1.54) is 16.4 Å². The second kappa shape index (κ2) is 4.09. The summed E-state index contributed by atoms with van der Waals surface area (Å²) in [5.41, 5.74) is 5.58. The molecular formula is C11H15ClN2O3S. The summed E-state index contributed by atoms with van der Waals surface area (Å²) in [7, 11) is -3.64. The minimum atomic E-state index is -3.64. The molecule has 100 valence electrons. The van der Waals surface area contributed by atoms with Crippen molar-refractivity contribution in [1.82, 2.24) is 4.31 Å². The molecule has 0 amide bonds. The smallest absolute Gasteiger partial charge is 0.243 e. The fourth-order valence-corrected chi connectivity index (χ4v) is 4.21. The van der Waals surface area contributed by atoms with Crippen LogP contribution in [0.25, 0.3) is 0 Å². The Hall–Kier alpha value is -0.820. The monoisotopic (exact) mass is 290 g/mol. The van der Waals surface area contributed by atoms with Gasteiger partial charge in [-0.15, -0.1) is 0 Å². The van der Waals surface area contributed by atoms with E-state index < -0.39 is 15.6 Å². The van der Waals surface area contributed by atoms with Gasteiger partial charge < -0.3 is 10.8 Å². The van der Waals surface area contributed by atoms with Gasteiger partial charge in [0.15, 0.2) is 0 Å². The summed E-state index contributed by atoms with van der Waals surface area (Å²) in [4.78, 5) is 0.100. The number of β-amino-alcohol motifs (C(OH)–C–C–N with tert-alkyl or cyclic N) is 1. The number of nitrogens with two attached hydrogens (primary N) is 1. The molecule has 1 aliphatic rings. The van der Waals surface area contributed by atoms with Gasteiger partial charge in [-0.2, -0.15) is 4.31 Å². The van der Waals surface area contributed by atoms with Crippen LogP contribution in [0.5, 0.6) is 0 Å². The summed E-state index contributed by atoms with van der Waals surface area (Å²) in [6.07, 6.45) is 0. The second-order valence-electron chi connectivity index (χ2n) is 4.89. The maximum atomic E-state index is 12.3. The number of halogens is 1. The molecule has 0 bridgehead atoms. The molecule has 1 fully saturated rings. The van der Waals surface area contributed by atoms with E-state index in [1.54, 1.807) is 13.8 Å². The predicted molar refractivity (Wildman–Crippen MR) is 70.0 cm³/mol. The highest BCUT2D eigenvalue weighted by Gasteiger charge is 2.44. The second-order valence-corrected chi connectivity index (χ2v) is 7.23. The van der Waals surface area contributed by atoms with Crippen LogP contribution < -0.4 is 5.73 Å². The summed E-state index contributed by atoms with van der Waals surface area (Å²) in [6.45, 7) is 3.40. The molecule has 0 saturated carbocycles. The van der Waals surface area contributed by atoms with Crippen LogP contribution >= 0.6 is 11.6 Å². The lowest BCUT2D eigenvalue weighted by Crippen LogP contribution is -2.61. The Morgan fingerprint density at radius 3 is 2.50 bits per heavy atom. The third kappa shape index (κ3) is 2.21. The summed E-state index contributed by atoms with van der Waals surface area (Å²) in [5, 5.41) is 9.90. The van der Waals surface area contributed by atoms with Crippen LogP contribution in [0.2, 0.25) is 5.02 Å². The predicted octanol–water partition coefficient (Wildman–Crippen LogP) is 0.986. The summed E-state index contributed by atoms with van der Waals surface area (Å²) < 4.78 is 25.9. The maximum absolute atomic E-state index is 12.3. The average Bonchev–Trinajstić information content (AvgIpc) is 2.19. The normalized spacial score (nSPS) is 19.6. The first-order valence-electron chi connectivity index (χ1n) is 5.42. The van der Waals surface area contributed by atoms with Gasteiger partial charge in [-0.25, -0.2) is 8.42 Å². The van der Waals surface area contributed by atoms with E-state index in [2.05, 4.69) is 0 Å². The largest absolute Gasteiger partial charge is 0.398 e. The van der Waals surface area contributed by atoms with E-state index >= 15 is 0 Å². The molecule has 0 radical (unpaired) electrons. The lowest BCUT2D eigenvalue weighted by atomic mass is 10.0. The molecule has 18 heavy (non-hydrogen) atoms. The van der Waals surface area contributed by atoms with Crippen LogP contribution in [-0.4, -0.2) is 36.5 Å². The molecule has 5 nitrogen and oxygen atoms in total. The SMILES string of the molecule is Cc1c(N)cc(Cl)cc1S(=O)(=O)N1CC(C)(O)C1. The number of nitrogen functional groups attached to an aromatic ring is 1. The number of benzene rings is 1. The van der Waals surface area contributed by atoms with Gasteiger partial charge in [0.1, 0.15) is 0 Å². The Balaban J connectivity index is 2.43. The first-order chi connectivity index (χ1) is 8.13. The third-order valence-corrected chi connectivity index (χ3v) is 5.15. The number of aliphatic hydroxyl groups is 1. The van der Waals surface area contributed by atoms with Gasteiger partial charge in [-0.3, -0.25) is 0 Å². The van der Waals surface area contributed by atoms with Crippen molar-refractivity contribution in [3.63, 3.8) is 0 Å². The molecule has 1 heterocycles. The van der Waals surface area contributed by atoms with Gasteiger partial charge in [-0.05, 0) is 31.5 Å². The maximum Gasteiger partial charge on any atom is 0.243 e. The van der Waals surface area contributed by atoms with Crippen LogP contribution in [0.4, 0.5) is 5.69 Å². The Labute approximate surface area is 111 Å². The fourth-order valence-electron chi connectivity index (χ4n) is 1.96. The van der Waals surface area contributed by atoms with Crippen molar-refractivity contribution in [1.29, 1.82) is 0 Å². The molecule has 1 saturated heterocycles. The number of hydrogen-bond acceptors (Lipinski definition) is 4. The Morgan fingerprint density at radius 1 is 1.44 bits per heavy atom. The average molecular weight is 291 g/mol. The Morgan fingerprint density at radius 2 is 2.00 bits per heavy atom. The lowest BCUT2D eigenvalue weighted by molar-refractivity contribution is -0.0426. The molecule has 1 aromatic carbocycles. The highest BCUT2D eigenvalue weighted by Crippen LogP contribution is 2.32. The van der Waals surface area contributed by atoms with E-state index in [1.807, 2.05) is 0 Å². The first-order valence-corrected chi connectivity index (χ1v) is 7.23. The topological polar surface area (TPSA) is 83.6 Å². The zero-order valence-electron chi connectivity index (χ0n) is 10.1. The molecule has 3 N–H and O–H groups in total. The van der Waals surface area contributed by atoms with Gasteiger partial charge in [0, 0.05) is 23.8 Å². The molecule has 0 unspecified atom stereocenters. The zero-order valence-corrected chi connectivity index (χ0v) is 11.7. The molecule has 7 heteroatoms. The Bertz CT molecular complexity index is 591. The van der Waals surface area contributed by atoms with Gasteiger partial charge in [-0.1, -0.05) is 11.6 Å². The molecule has 0 atom stereocenters. The number of anilines is 1. The molecule has 0 aromatic heterocycles. The van der Waals surface area contributed by atoms with E-state index in [0.29, 0.717) is 11.3 Å². The van der Waals surface area contributed by atoms with Crippen LogP contribution in [-0.2, 0) is 10.0 Å². The van der Waals surface area contributed by atoms with Gasteiger partial charge in [0.2, 0.25) is 10.0 Å². The number of sulfonamides is 1.